The second-order valence-electron chi connectivity index (χ2n) is 6.73. The van der Waals surface area contributed by atoms with Gasteiger partial charge in [-0.1, -0.05) is 17.2 Å². The molecule has 3 aromatic rings. The van der Waals surface area contributed by atoms with Gasteiger partial charge in [0.05, 0.1) is 23.2 Å². The van der Waals surface area contributed by atoms with Crippen molar-refractivity contribution in [3.63, 3.8) is 0 Å². The third-order valence-electron chi connectivity index (χ3n) is 4.82. The zero-order chi connectivity index (χ0) is 20.0. The number of rotatable bonds is 4. The predicted molar refractivity (Wildman–Crippen MR) is 98.6 cm³/mol. The lowest BCUT2D eigenvalue weighted by Gasteiger charge is -2.14. The van der Waals surface area contributed by atoms with Gasteiger partial charge in [-0.25, -0.2) is 14.3 Å². The molecule has 28 heavy (non-hydrogen) atoms. The van der Waals surface area contributed by atoms with Crippen molar-refractivity contribution in [3.8, 4) is 0 Å². The number of fused-ring (bicyclic) bond motifs is 2. The van der Waals surface area contributed by atoms with Crippen LogP contribution in [0.2, 0.25) is 0 Å². The highest BCUT2D eigenvalue weighted by Gasteiger charge is 2.38. The second kappa shape index (κ2) is 6.56. The minimum absolute atomic E-state index is 0.00250. The van der Waals surface area contributed by atoms with Crippen molar-refractivity contribution in [3.05, 3.63) is 64.1 Å². The molecule has 142 valence electrons. The minimum atomic E-state index is -0.662. The van der Waals surface area contributed by atoms with Crippen LogP contribution in [0.3, 0.4) is 0 Å². The van der Waals surface area contributed by atoms with Crippen LogP contribution >= 0.6 is 0 Å². The quantitative estimate of drug-likeness (QED) is 0.647. The van der Waals surface area contributed by atoms with E-state index >= 15 is 0 Å². The van der Waals surface area contributed by atoms with E-state index in [-0.39, 0.29) is 17.5 Å². The molecule has 1 aliphatic heterocycles. The van der Waals surface area contributed by atoms with E-state index in [1.54, 1.807) is 16.6 Å². The molecule has 0 bridgehead atoms. The van der Waals surface area contributed by atoms with Crippen LogP contribution in [0, 0.1) is 20.8 Å². The zero-order valence-electron chi connectivity index (χ0n) is 15.7. The molecule has 0 atom stereocenters. The van der Waals surface area contributed by atoms with Crippen LogP contribution in [0.15, 0.2) is 30.3 Å². The first-order valence-electron chi connectivity index (χ1n) is 8.88. The predicted octanol–water partition coefficient (Wildman–Crippen LogP) is 2.34. The van der Waals surface area contributed by atoms with Crippen LogP contribution in [0.5, 0.6) is 0 Å². The summed E-state index contributed by atoms with van der Waals surface area (Å²) in [6.07, 6.45) is 0.365. The normalized spacial score (nSPS) is 13.3. The van der Waals surface area contributed by atoms with Gasteiger partial charge in [-0.2, -0.15) is 5.10 Å². The summed E-state index contributed by atoms with van der Waals surface area (Å²) in [6.45, 7) is 5.68. The molecule has 0 saturated carbocycles. The van der Waals surface area contributed by atoms with Gasteiger partial charge in [-0.15, -0.1) is 0 Å². The van der Waals surface area contributed by atoms with Crippen molar-refractivity contribution < 1.29 is 19.2 Å². The van der Waals surface area contributed by atoms with Crippen molar-refractivity contribution >= 4 is 23.4 Å². The lowest BCUT2D eigenvalue weighted by Crippen LogP contribution is -2.32. The zero-order valence-corrected chi connectivity index (χ0v) is 15.7. The van der Waals surface area contributed by atoms with E-state index in [4.69, 9.17) is 4.84 Å². The monoisotopic (exact) mass is 378 g/mol. The Morgan fingerprint density at radius 2 is 1.71 bits per heavy atom. The Hall–Kier alpha value is -3.55. The molecule has 0 radical (unpaired) electrons. The topological polar surface area (TPSA) is 93.9 Å². The molecule has 8 heteroatoms. The van der Waals surface area contributed by atoms with Crippen LogP contribution in [-0.2, 0) is 16.1 Å². The molecule has 1 aliphatic rings. The fraction of sp³-hybridized carbons (Fsp3) is 0.250. The van der Waals surface area contributed by atoms with Crippen LogP contribution in [-0.4, -0.2) is 37.4 Å². The summed E-state index contributed by atoms with van der Waals surface area (Å²) in [7, 11) is 0. The Morgan fingerprint density at radius 3 is 2.36 bits per heavy atom. The van der Waals surface area contributed by atoms with Gasteiger partial charge in [-0.3, -0.25) is 9.59 Å². The van der Waals surface area contributed by atoms with Crippen molar-refractivity contribution in [2.75, 3.05) is 0 Å². The number of amides is 2. The van der Waals surface area contributed by atoms with Gasteiger partial charge in [0.25, 0.3) is 11.8 Å². The maximum absolute atomic E-state index is 12.3. The smallest absolute Gasteiger partial charge is 0.330 e. The summed E-state index contributed by atoms with van der Waals surface area (Å²) >= 11 is 0. The van der Waals surface area contributed by atoms with Gasteiger partial charge in [0.15, 0.2) is 5.65 Å². The number of nitrogens with zero attached hydrogens (tertiary/aromatic N) is 4. The van der Waals surface area contributed by atoms with Gasteiger partial charge < -0.3 is 4.84 Å². The van der Waals surface area contributed by atoms with Crippen molar-refractivity contribution in [2.24, 2.45) is 0 Å². The highest BCUT2D eigenvalue weighted by molar-refractivity contribution is 6.20. The van der Waals surface area contributed by atoms with E-state index in [0.717, 1.165) is 28.3 Å². The molecular weight excluding hydrogens is 360 g/mol. The van der Waals surface area contributed by atoms with E-state index in [9.17, 15) is 14.4 Å². The molecule has 0 spiro atoms. The largest absolute Gasteiger partial charge is 0.333 e. The van der Waals surface area contributed by atoms with Crippen LogP contribution in [0.25, 0.3) is 5.65 Å². The molecule has 0 fully saturated rings. The average molecular weight is 378 g/mol. The molecule has 0 N–H and O–H groups in total. The Morgan fingerprint density at radius 1 is 1.07 bits per heavy atom. The number of aryl methyl sites for hydroxylation is 3. The Kier molecular flexibility index (Phi) is 4.18. The number of hydroxylamine groups is 2. The minimum Gasteiger partial charge on any atom is -0.330 e. The molecule has 1 aromatic carbocycles. The lowest BCUT2D eigenvalue weighted by atomic mass is 10.1. The lowest BCUT2D eigenvalue weighted by molar-refractivity contribution is -0.168. The van der Waals surface area contributed by atoms with E-state index in [0.29, 0.717) is 11.5 Å². The van der Waals surface area contributed by atoms with Gasteiger partial charge in [0.2, 0.25) is 0 Å². The van der Waals surface area contributed by atoms with Crippen LogP contribution in [0.4, 0.5) is 0 Å². The first kappa shape index (κ1) is 17.8. The highest BCUT2D eigenvalue weighted by Crippen LogP contribution is 2.23. The highest BCUT2D eigenvalue weighted by atomic mass is 16.7. The Bertz CT molecular complexity index is 1110. The first-order chi connectivity index (χ1) is 13.4. The summed E-state index contributed by atoms with van der Waals surface area (Å²) < 4.78 is 1.74. The number of carbonyl (C=O) groups excluding carboxylic acids is 3. The average Bonchev–Trinajstić information content (AvgIpc) is 3.15. The Balaban J connectivity index is 1.48. The summed E-state index contributed by atoms with van der Waals surface area (Å²) in [5.41, 5.74) is 4.66. The molecule has 0 aliphatic carbocycles. The molecule has 3 heterocycles. The molecule has 0 saturated heterocycles. The number of aromatic nitrogens is 3. The maximum atomic E-state index is 12.3. The summed E-state index contributed by atoms with van der Waals surface area (Å²) in [4.78, 5) is 46.4. The number of carbonyl (C=O) groups is 3. The number of hydrogen-bond donors (Lipinski definition) is 0. The van der Waals surface area contributed by atoms with Gasteiger partial charge in [0.1, 0.15) is 0 Å². The van der Waals surface area contributed by atoms with Gasteiger partial charge in [-0.05, 0) is 44.9 Å². The SMILES string of the molecule is Cc1cc2nc(C)c(CCC(=O)ON3C(=O)c4ccccc4C3=O)c(C)n2n1. The first-order valence-corrected chi connectivity index (χ1v) is 8.88. The van der Waals surface area contributed by atoms with Crippen molar-refractivity contribution in [1.29, 1.82) is 0 Å². The van der Waals surface area contributed by atoms with E-state index in [2.05, 4.69) is 10.1 Å². The third-order valence-corrected chi connectivity index (χ3v) is 4.82. The second-order valence-corrected chi connectivity index (χ2v) is 6.73. The summed E-state index contributed by atoms with van der Waals surface area (Å²) in [6, 6.07) is 8.26. The molecule has 2 amide bonds. The number of imide groups is 1. The molecule has 0 unspecified atom stereocenters. The van der Waals surface area contributed by atoms with Gasteiger partial charge >= 0.3 is 5.97 Å². The number of benzene rings is 1. The van der Waals surface area contributed by atoms with Crippen molar-refractivity contribution in [1.82, 2.24) is 19.7 Å². The van der Waals surface area contributed by atoms with Crippen molar-refractivity contribution in [2.45, 2.75) is 33.6 Å². The molecule has 4 rings (SSSR count). The fourth-order valence-electron chi connectivity index (χ4n) is 3.43. The standard InChI is InChI=1S/C20H18N4O4/c1-11-10-17-21-12(2)14(13(3)23(17)22-11)8-9-18(25)28-24-19(26)15-6-4-5-7-16(15)20(24)27/h4-7,10H,8-9H2,1-3H3. The summed E-state index contributed by atoms with van der Waals surface area (Å²) in [5, 5.41) is 4.94. The summed E-state index contributed by atoms with van der Waals surface area (Å²) in [5.74, 6) is -1.92. The van der Waals surface area contributed by atoms with Gasteiger partial charge in [0, 0.05) is 17.5 Å². The van der Waals surface area contributed by atoms with Crippen LogP contribution in [0.1, 0.15) is 49.8 Å². The fourth-order valence-corrected chi connectivity index (χ4v) is 3.43. The van der Waals surface area contributed by atoms with E-state index in [1.165, 1.54) is 12.1 Å². The molecule has 8 nitrogen and oxygen atoms in total. The Labute approximate surface area is 160 Å². The maximum Gasteiger partial charge on any atom is 0.333 e. The molecule has 2 aromatic heterocycles. The third kappa shape index (κ3) is 2.83. The number of hydrogen-bond acceptors (Lipinski definition) is 6. The van der Waals surface area contributed by atoms with E-state index in [1.807, 2.05) is 26.8 Å². The van der Waals surface area contributed by atoms with E-state index < -0.39 is 17.8 Å². The van der Waals surface area contributed by atoms with Crippen LogP contribution < -0.4 is 0 Å². The molecular formula is C20H18N4O4.